The minimum atomic E-state index is -1.07. The van der Waals surface area contributed by atoms with Gasteiger partial charge in [0.2, 0.25) is 0 Å². The lowest BCUT2D eigenvalue weighted by Gasteiger charge is -2.39. The summed E-state index contributed by atoms with van der Waals surface area (Å²) in [5.41, 5.74) is 7.55. The van der Waals surface area contributed by atoms with Crippen molar-refractivity contribution in [3.63, 3.8) is 0 Å². The largest absolute Gasteiger partial charge is 0.456 e. The number of fused-ring (bicyclic) bond motifs is 6. The van der Waals surface area contributed by atoms with Crippen LogP contribution in [0.15, 0.2) is 78.9 Å². The molecule has 4 aromatic carbocycles. The maximum atomic E-state index is 13.5. The lowest BCUT2D eigenvalue weighted by atomic mass is 9.73. The number of nitrogens with one attached hydrogen (secondary N) is 1. The fraction of sp³-hybridized carbons (Fsp3) is 0.306. The highest BCUT2D eigenvalue weighted by Gasteiger charge is 2.54. The summed E-state index contributed by atoms with van der Waals surface area (Å²) in [4.78, 5) is 15.5. The van der Waals surface area contributed by atoms with Crippen LogP contribution in [0.25, 0.3) is 0 Å². The van der Waals surface area contributed by atoms with E-state index < -0.39 is 5.60 Å². The van der Waals surface area contributed by atoms with Gasteiger partial charge in [-0.1, -0.05) is 58.0 Å². The highest BCUT2D eigenvalue weighted by molar-refractivity contribution is 5.97. The monoisotopic (exact) mass is 546 g/mol. The van der Waals surface area contributed by atoms with E-state index in [1.807, 2.05) is 50.5 Å². The fourth-order valence-electron chi connectivity index (χ4n) is 6.21. The smallest absolute Gasteiger partial charge is 0.340 e. The van der Waals surface area contributed by atoms with Gasteiger partial charge in [0, 0.05) is 48.4 Å². The predicted octanol–water partition coefficient (Wildman–Crippen LogP) is 8.46. The zero-order valence-electron chi connectivity index (χ0n) is 24.7. The van der Waals surface area contributed by atoms with Crippen LogP contribution in [0.2, 0.25) is 0 Å². The lowest BCUT2D eigenvalue weighted by Crippen LogP contribution is -2.35. The Morgan fingerprint density at radius 1 is 0.780 bits per heavy atom. The summed E-state index contributed by atoms with van der Waals surface area (Å²) in [6.07, 6.45) is 1.72. The molecule has 6 rings (SSSR count). The Kier molecular flexibility index (Phi) is 6.77. The molecule has 0 fully saturated rings. The number of anilines is 3. The molecule has 2 heterocycles. The van der Waals surface area contributed by atoms with Crippen LogP contribution in [0.1, 0.15) is 65.9 Å². The van der Waals surface area contributed by atoms with Gasteiger partial charge in [-0.05, 0) is 78.3 Å². The van der Waals surface area contributed by atoms with E-state index in [4.69, 9.17) is 9.47 Å². The van der Waals surface area contributed by atoms with Crippen molar-refractivity contribution in [1.29, 1.82) is 0 Å². The van der Waals surface area contributed by atoms with Gasteiger partial charge in [-0.25, -0.2) is 4.79 Å². The van der Waals surface area contributed by atoms with Crippen molar-refractivity contribution in [1.82, 2.24) is 0 Å². The SMILES string of the molecule is CC(C)Cc1ccc(CC(C)C)c2c1Oc1cc(Nc3ccc(N(C)C)cc3)ccc1C21OC(=O)c2ccccc21. The summed E-state index contributed by atoms with van der Waals surface area (Å²) >= 11 is 0. The van der Waals surface area contributed by atoms with Crippen molar-refractivity contribution in [2.75, 3.05) is 24.3 Å². The van der Waals surface area contributed by atoms with E-state index >= 15 is 0 Å². The second-order valence-electron chi connectivity index (χ2n) is 12.3. The highest BCUT2D eigenvalue weighted by Crippen LogP contribution is 2.58. The summed E-state index contributed by atoms with van der Waals surface area (Å²) in [6, 6.07) is 26.7. The molecule has 2 aliphatic rings. The number of rotatable bonds is 7. The highest BCUT2D eigenvalue weighted by atomic mass is 16.6. The van der Waals surface area contributed by atoms with Gasteiger partial charge in [-0.2, -0.15) is 0 Å². The second-order valence-corrected chi connectivity index (χ2v) is 12.3. The van der Waals surface area contributed by atoms with E-state index in [0.29, 0.717) is 23.1 Å². The third kappa shape index (κ3) is 4.63. The summed E-state index contributed by atoms with van der Waals surface area (Å²) in [7, 11) is 4.07. The normalized spacial score (nSPS) is 16.7. The van der Waals surface area contributed by atoms with E-state index in [0.717, 1.165) is 63.5 Å². The van der Waals surface area contributed by atoms with Gasteiger partial charge in [-0.15, -0.1) is 0 Å². The zero-order chi connectivity index (χ0) is 28.9. The standard InChI is InChI=1S/C36H38N2O3/c1-22(2)19-24-11-12-25(20-23(3)4)34-33(24)36(30-10-8-7-9-29(30)35(39)41-36)31-18-15-27(21-32(31)40-34)37-26-13-16-28(17-14-26)38(5)6/h7-18,21-23,37H,19-20H2,1-6H3. The second kappa shape index (κ2) is 10.3. The Balaban J connectivity index is 1.55. The summed E-state index contributed by atoms with van der Waals surface area (Å²) < 4.78 is 13.4. The first kappa shape index (κ1) is 26.9. The van der Waals surface area contributed by atoms with Crippen LogP contribution in [0.4, 0.5) is 17.1 Å². The van der Waals surface area contributed by atoms with Crippen molar-refractivity contribution in [3.8, 4) is 11.5 Å². The third-order valence-electron chi connectivity index (χ3n) is 7.95. The van der Waals surface area contributed by atoms with E-state index in [-0.39, 0.29) is 5.97 Å². The number of nitrogens with zero attached hydrogens (tertiary/aromatic N) is 1. The van der Waals surface area contributed by atoms with Crippen LogP contribution in [0.3, 0.4) is 0 Å². The molecule has 4 aromatic rings. The van der Waals surface area contributed by atoms with E-state index in [1.165, 1.54) is 0 Å². The maximum absolute atomic E-state index is 13.5. The maximum Gasteiger partial charge on any atom is 0.340 e. The molecule has 0 radical (unpaired) electrons. The molecule has 210 valence electrons. The molecule has 5 nitrogen and oxygen atoms in total. The Hall–Kier alpha value is -4.25. The lowest BCUT2D eigenvalue weighted by molar-refractivity contribution is 0.0220. The van der Waals surface area contributed by atoms with Crippen LogP contribution in [-0.4, -0.2) is 20.1 Å². The van der Waals surface area contributed by atoms with Crippen LogP contribution in [0.5, 0.6) is 11.5 Å². The Bertz CT molecular complexity index is 1620. The first-order valence-electron chi connectivity index (χ1n) is 14.5. The van der Waals surface area contributed by atoms with Crippen molar-refractivity contribution < 1.29 is 14.3 Å². The molecule has 0 aliphatic carbocycles. The van der Waals surface area contributed by atoms with Gasteiger partial charge in [0.25, 0.3) is 0 Å². The van der Waals surface area contributed by atoms with Crippen molar-refractivity contribution >= 4 is 23.0 Å². The van der Waals surface area contributed by atoms with Crippen LogP contribution < -0.4 is 15.0 Å². The van der Waals surface area contributed by atoms with Gasteiger partial charge in [0.15, 0.2) is 5.60 Å². The molecule has 0 bridgehead atoms. The quantitative estimate of drug-likeness (QED) is 0.236. The van der Waals surface area contributed by atoms with E-state index in [2.05, 4.69) is 80.4 Å². The minimum Gasteiger partial charge on any atom is -0.456 e. The Morgan fingerprint density at radius 3 is 2.15 bits per heavy atom. The first-order valence-corrected chi connectivity index (χ1v) is 14.5. The zero-order valence-corrected chi connectivity index (χ0v) is 24.7. The number of hydrogen-bond donors (Lipinski definition) is 1. The number of carbonyl (C=O) groups is 1. The van der Waals surface area contributed by atoms with Crippen molar-refractivity contribution in [2.24, 2.45) is 11.8 Å². The summed E-state index contributed by atoms with van der Waals surface area (Å²) in [5, 5.41) is 3.53. The molecule has 5 heteroatoms. The predicted molar refractivity (Wildman–Crippen MR) is 166 cm³/mol. The number of esters is 1. The average Bonchev–Trinajstić information content (AvgIpc) is 3.22. The fourth-order valence-corrected chi connectivity index (χ4v) is 6.21. The molecule has 0 aromatic heterocycles. The number of ether oxygens (including phenoxy) is 2. The van der Waals surface area contributed by atoms with Gasteiger partial charge in [0.05, 0.1) is 11.1 Å². The Labute approximate surface area is 243 Å². The molecule has 1 spiro atoms. The number of carbonyl (C=O) groups excluding carboxylic acids is 1. The van der Waals surface area contributed by atoms with Crippen LogP contribution in [-0.2, 0) is 23.2 Å². The summed E-state index contributed by atoms with van der Waals surface area (Å²) in [6.45, 7) is 8.87. The molecule has 0 saturated carbocycles. The van der Waals surface area contributed by atoms with Crippen LogP contribution >= 0.6 is 0 Å². The van der Waals surface area contributed by atoms with Crippen molar-refractivity contribution in [3.05, 3.63) is 112 Å². The van der Waals surface area contributed by atoms with Gasteiger partial charge < -0.3 is 19.7 Å². The first-order chi connectivity index (χ1) is 19.7. The molecular formula is C36H38N2O3. The number of benzene rings is 4. The molecule has 0 amide bonds. The molecule has 1 atom stereocenters. The third-order valence-corrected chi connectivity index (χ3v) is 7.95. The van der Waals surface area contributed by atoms with Gasteiger partial charge in [-0.3, -0.25) is 0 Å². The minimum absolute atomic E-state index is 0.299. The molecule has 41 heavy (non-hydrogen) atoms. The number of hydrogen-bond acceptors (Lipinski definition) is 5. The Morgan fingerprint density at radius 2 is 1.44 bits per heavy atom. The molecule has 2 aliphatic heterocycles. The molecule has 1 N–H and O–H groups in total. The average molecular weight is 547 g/mol. The van der Waals surface area contributed by atoms with E-state index in [1.54, 1.807) is 0 Å². The molecule has 1 unspecified atom stereocenters. The summed E-state index contributed by atoms with van der Waals surface area (Å²) in [5.74, 6) is 2.08. The van der Waals surface area contributed by atoms with E-state index in [9.17, 15) is 4.79 Å². The molecular weight excluding hydrogens is 508 g/mol. The molecule has 0 saturated heterocycles. The van der Waals surface area contributed by atoms with Crippen molar-refractivity contribution in [2.45, 2.75) is 46.1 Å². The van der Waals surface area contributed by atoms with Crippen LogP contribution in [0, 0.1) is 11.8 Å². The topological polar surface area (TPSA) is 50.8 Å². The van der Waals surface area contributed by atoms with Gasteiger partial charge in [0.1, 0.15) is 11.5 Å². The van der Waals surface area contributed by atoms with Gasteiger partial charge >= 0.3 is 5.97 Å².